The summed E-state index contributed by atoms with van der Waals surface area (Å²) in [6.07, 6.45) is 1.92. The van der Waals surface area contributed by atoms with Crippen molar-refractivity contribution in [2.45, 2.75) is 13.8 Å². The molecule has 0 aliphatic rings. The molecule has 24 heavy (non-hydrogen) atoms. The lowest BCUT2D eigenvalue weighted by Gasteiger charge is -2.09. The minimum atomic E-state index is -0.356. The number of hydrogen-bond acceptors (Lipinski definition) is 4. The van der Waals surface area contributed by atoms with Gasteiger partial charge in [-0.3, -0.25) is 9.20 Å². The second-order valence-electron chi connectivity index (χ2n) is 5.41. The van der Waals surface area contributed by atoms with Crippen LogP contribution in [0, 0.1) is 12.7 Å². The van der Waals surface area contributed by atoms with Gasteiger partial charge in [0, 0.05) is 11.8 Å². The zero-order valence-electron chi connectivity index (χ0n) is 13.5. The lowest BCUT2D eigenvalue weighted by molar-refractivity contribution is -0.140. The van der Waals surface area contributed by atoms with Crippen LogP contribution >= 0.6 is 0 Å². The Balaban J connectivity index is 2.07. The lowest BCUT2D eigenvalue weighted by Crippen LogP contribution is -2.18. The van der Waals surface area contributed by atoms with Crippen LogP contribution in [0.4, 0.5) is 10.2 Å². The summed E-state index contributed by atoms with van der Waals surface area (Å²) in [5, 5.41) is 3.07. The first-order valence-electron chi connectivity index (χ1n) is 7.72. The second kappa shape index (κ2) is 6.70. The van der Waals surface area contributed by atoms with E-state index in [1.54, 1.807) is 19.1 Å². The van der Waals surface area contributed by atoms with E-state index in [2.05, 4.69) is 10.3 Å². The number of halogens is 1. The number of imidazole rings is 1. The van der Waals surface area contributed by atoms with Crippen molar-refractivity contribution in [3.05, 3.63) is 54.0 Å². The standard InChI is InChI=1S/C18H18FN3O2/c1-3-24-16(23)10-20-18-17(13-5-4-6-14(19)9-13)21-15-8-7-12(2)11-22(15)18/h4-9,11,20H,3,10H2,1-2H3. The lowest BCUT2D eigenvalue weighted by atomic mass is 10.1. The summed E-state index contributed by atoms with van der Waals surface area (Å²) in [7, 11) is 0. The van der Waals surface area contributed by atoms with Gasteiger partial charge in [0.15, 0.2) is 0 Å². The van der Waals surface area contributed by atoms with Crippen LogP contribution in [-0.2, 0) is 9.53 Å². The fraction of sp³-hybridized carbons (Fsp3) is 0.222. The molecule has 124 valence electrons. The number of carbonyl (C=O) groups excluding carboxylic acids is 1. The molecule has 1 N–H and O–H groups in total. The smallest absolute Gasteiger partial charge is 0.325 e. The second-order valence-corrected chi connectivity index (χ2v) is 5.41. The molecule has 0 saturated carbocycles. The molecule has 0 radical (unpaired) electrons. The van der Waals surface area contributed by atoms with E-state index in [0.29, 0.717) is 29.3 Å². The number of aryl methyl sites for hydroxylation is 1. The minimum Gasteiger partial charge on any atom is -0.465 e. The van der Waals surface area contributed by atoms with Gasteiger partial charge in [-0.15, -0.1) is 0 Å². The van der Waals surface area contributed by atoms with Crippen LogP contribution in [0.25, 0.3) is 16.9 Å². The molecule has 0 aliphatic carbocycles. The summed E-state index contributed by atoms with van der Waals surface area (Å²) in [5.41, 5.74) is 2.99. The molecule has 5 nitrogen and oxygen atoms in total. The maximum absolute atomic E-state index is 13.6. The van der Waals surface area contributed by atoms with Crippen LogP contribution in [-0.4, -0.2) is 28.5 Å². The van der Waals surface area contributed by atoms with Gasteiger partial charge in [0.25, 0.3) is 0 Å². The average Bonchev–Trinajstić information content (AvgIpc) is 2.91. The number of anilines is 1. The topological polar surface area (TPSA) is 55.6 Å². The number of nitrogens with zero attached hydrogens (tertiary/aromatic N) is 2. The summed E-state index contributed by atoms with van der Waals surface area (Å²) in [5.74, 6) is -0.0604. The first kappa shape index (κ1) is 16.0. The normalized spacial score (nSPS) is 10.8. The number of rotatable bonds is 5. The maximum atomic E-state index is 13.6. The zero-order valence-corrected chi connectivity index (χ0v) is 13.5. The molecule has 0 unspecified atom stereocenters. The summed E-state index contributed by atoms with van der Waals surface area (Å²) in [4.78, 5) is 16.2. The van der Waals surface area contributed by atoms with Crippen molar-refractivity contribution in [2.24, 2.45) is 0 Å². The Morgan fingerprint density at radius 3 is 2.92 bits per heavy atom. The molecule has 0 bridgehead atoms. The van der Waals surface area contributed by atoms with Crippen LogP contribution in [0.3, 0.4) is 0 Å². The molecule has 0 fully saturated rings. The van der Waals surface area contributed by atoms with E-state index in [1.807, 2.05) is 29.7 Å². The summed E-state index contributed by atoms with van der Waals surface area (Å²) < 4.78 is 20.4. The molecule has 0 spiro atoms. The molecule has 0 aliphatic heterocycles. The third-order valence-corrected chi connectivity index (χ3v) is 3.57. The summed E-state index contributed by atoms with van der Waals surface area (Å²) >= 11 is 0. The molecule has 3 aromatic rings. The number of carbonyl (C=O) groups is 1. The predicted octanol–water partition coefficient (Wildman–Crippen LogP) is 3.42. The molecule has 0 amide bonds. The molecule has 0 atom stereocenters. The molecule has 1 aromatic carbocycles. The predicted molar refractivity (Wildman–Crippen MR) is 90.4 cm³/mol. The Morgan fingerprint density at radius 1 is 1.33 bits per heavy atom. The van der Waals surface area contributed by atoms with Crippen molar-refractivity contribution in [3.63, 3.8) is 0 Å². The number of hydrogen-bond donors (Lipinski definition) is 1. The van der Waals surface area contributed by atoms with Gasteiger partial charge in [0.1, 0.15) is 29.5 Å². The van der Waals surface area contributed by atoms with E-state index in [1.165, 1.54) is 12.1 Å². The first-order valence-corrected chi connectivity index (χ1v) is 7.72. The summed E-state index contributed by atoms with van der Waals surface area (Å²) in [6, 6.07) is 10.1. The van der Waals surface area contributed by atoms with Gasteiger partial charge in [-0.1, -0.05) is 18.2 Å². The van der Waals surface area contributed by atoms with Gasteiger partial charge in [0.05, 0.1) is 6.61 Å². The van der Waals surface area contributed by atoms with Crippen LogP contribution in [0.1, 0.15) is 12.5 Å². The zero-order chi connectivity index (χ0) is 17.1. The highest BCUT2D eigenvalue weighted by atomic mass is 19.1. The quantitative estimate of drug-likeness (QED) is 0.730. The molecule has 2 heterocycles. The molecule has 2 aromatic heterocycles. The van der Waals surface area contributed by atoms with Crippen molar-refractivity contribution in [1.29, 1.82) is 0 Å². The van der Waals surface area contributed by atoms with Gasteiger partial charge in [-0.2, -0.15) is 0 Å². The summed E-state index contributed by atoms with van der Waals surface area (Å²) in [6.45, 7) is 4.06. The number of pyridine rings is 1. The van der Waals surface area contributed by atoms with Crippen molar-refractivity contribution < 1.29 is 13.9 Å². The molecular formula is C18H18FN3O2. The highest BCUT2D eigenvalue weighted by Gasteiger charge is 2.15. The van der Waals surface area contributed by atoms with E-state index in [0.717, 1.165) is 5.56 Å². The number of esters is 1. The van der Waals surface area contributed by atoms with Crippen LogP contribution < -0.4 is 5.32 Å². The molecule has 3 rings (SSSR count). The van der Waals surface area contributed by atoms with Crippen molar-refractivity contribution in [3.8, 4) is 11.3 Å². The SMILES string of the molecule is CCOC(=O)CNc1c(-c2cccc(F)c2)nc2ccc(C)cn12. The largest absolute Gasteiger partial charge is 0.465 e. The average molecular weight is 327 g/mol. The van der Waals surface area contributed by atoms with Crippen LogP contribution in [0.5, 0.6) is 0 Å². The van der Waals surface area contributed by atoms with Crippen molar-refractivity contribution in [2.75, 3.05) is 18.5 Å². The molecule has 0 saturated heterocycles. The van der Waals surface area contributed by atoms with Crippen molar-refractivity contribution >= 4 is 17.4 Å². The van der Waals surface area contributed by atoms with E-state index >= 15 is 0 Å². The van der Waals surface area contributed by atoms with E-state index in [4.69, 9.17) is 4.74 Å². The highest BCUT2D eigenvalue weighted by molar-refractivity contribution is 5.80. The van der Waals surface area contributed by atoms with Crippen LogP contribution in [0.2, 0.25) is 0 Å². The number of fused-ring (bicyclic) bond motifs is 1. The van der Waals surface area contributed by atoms with Crippen molar-refractivity contribution in [1.82, 2.24) is 9.38 Å². The van der Waals surface area contributed by atoms with Gasteiger partial charge in [0.2, 0.25) is 0 Å². The van der Waals surface area contributed by atoms with Crippen LogP contribution in [0.15, 0.2) is 42.6 Å². The monoisotopic (exact) mass is 327 g/mol. The highest BCUT2D eigenvalue weighted by Crippen LogP contribution is 2.29. The van der Waals surface area contributed by atoms with Gasteiger partial charge < -0.3 is 10.1 Å². The van der Waals surface area contributed by atoms with E-state index in [9.17, 15) is 9.18 Å². The third-order valence-electron chi connectivity index (χ3n) is 3.57. The molecule has 6 heteroatoms. The van der Waals surface area contributed by atoms with E-state index in [-0.39, 0.29) is 18.3 Å². The maximum Gasteiger partial charge on any atom is 0.325 e. The Hall–Kier alpha value is -2.89. The van der Waals surface area contributed by atoms with Gasteiger partial charge in [-0.25, -0.2) is 9.37 Å². The fourth-order valence-electron chi connectivity index (χ4n) is 2.52. The molecular weight excluding hydrogens is 309 g/mol. The van der Waals surface area contributed by atoms with Gasteiger partial charge >= 0.3 is 5.97 Å². The number of nitrogens with one attached hydrogen (secondary N) is 1. The third kappa shape index (κ3) is 3.22. The Kier molecular flexibility index (Phi) is 4.46. The Morgan fingerprint density at radius 2 is 2.17 bits per heavy atom. The Bertz CT molecular complexity index is 889. The number of aromatic nitrogens is 2. The van der Waals surface area contributed by atoms with Gasteiger partial charge in [-0.05, 0) is 37.6 Å². The number of ether oxygens (including phenoxy) is 1. The minimum absolute atomic E-state index is 0.0118. The van der Waals surface area contributed by atoms with E-state index < -0.39 is 0 Å². The number of benzene rings is 1. The fourth-order valence-corrected chi connectivity index (χ4v) is 2.52. The first-order chi connectivity index (χ1) is 11.6. The Labute approximate surface area is 139 Å².